The highest BCUT2D eigenvalue weighted by Gasteiger charge is 2.40. The fraction of sp³-hybridized carbons (Fsp3) is 0.148. The Kier molecular flexibility index (Phi) is 6.08. The Bertz CT molecular complexity index is 1200. The maximum Gasteiger partial charge on any atom is 0.343 e. The Morgan fingerprint density at radius 3 is 2.23 bits per heavy atom. The molecule has 4 aromatic rings. The number of carbonyl (C=O) groups is 1. The molecule has 156 valence electrons. The van der Waals surface area contributed by atoms with Crippen molar-refractivity contribution in [3.8, 4) is 0 Å². The van der Waals surface area contributed by atoms with Crippen molar-refractivity contribution in [1.82, 2.24) is 0 Å². The first-order chi connectivity index (χ1) is 15.0. The lowest BCUT2D eigenvalue weighted by Crippen LogP contribution is -2.37. The number of halogens is 1. The first-order valence-electron chi connectivity index (χ1n) is 10.1. The molecule has 3 nitrogen and oxygen atoms in total. The predicted molar refractivity (Wildman–Crippen MR) is 124 cm³/mol. The van der Waals surface area contributed by atoms with Gasteiger partial charge in [0.25, 0.3) is 0 Å². The lowest BCUT2D eigenvalue weighted by molar-refractivity contribution is -0.172. The minimum absolute atomic E-state index is 0.486. The molecule has 0 saturated carbocycles. The number of methoxy groups -OCH3 is 1. The van der Waals surface area contributed by atoms with E-state index >= 15 is 0 Å². The number of carbonyl (C=O) groups excluding carboxylic acids is 1. The quantitative estimate of drug-likeness (QED) is 0.320. The minimum Gasteiger partial charge on any atom is -0.450 e. The van der Waals surface area contributed by atoms with Gasteiger partial charge in [0.2, 0.25) is 0 Å². The average Bonchev–Trinajstić information content (AvgIpc) is 2.82. The van der Waals surface area contributed by atoms with Crippen molar-refractivity contribution < 1.29 is 14.3 Å². The van der Waals surface area contributed by atoms with Crippen LogP contribution < -0.4 is 0 Å². The van der Waals surface area contributed by atoms with Crippen molar-refractivity contribution in [1.29, 1.82) is 0 Å². The summed E-state index contributed by atoms with van der Waals surface area (Å²) in [7, 11) is 1.52. The van der Waals surface area contributed by atoms with E-state index in [1.165, 1.54) is 7.11 Å². The van der Waals surface area contributed by atoms with E-state index in [9.17, 15) is 4.79 Å². The molecule has 0 fully saturated rings. The molecule has 2 atom stereocenters. The van der Waals surface area contributed by atoms with Crippen LogP contribution in [0.15, 0.2) is 97.1 Å². The highest BCUT2D eigenvalue weighted by molar-refractivity contribution is 6.31. The second-order valence-corrected chi connectivity index (χ2v) is 7.89. The second-order valence-electron chi connectivity index (χ2n) is 7.48. The van der Waals surface area contributed by atoms with Gasteiger partial charge in [-0.15, -0.1) is 0 Å². The molecule has 0 bridgehead atoms. The molecule has 0 heterocycles. The van der Waals surface area contributed by atoms with Gasteiger partial charge < -0.3 is 9.47 Å². The van der Waals surface area contributed by atoms with Gasteiger partial charge in [-0.2, -0.15) is 0 Å². The molecular weight excluding hydrogens is 408 g/mol. The maximum atomic E-state index is 13.6. The summed E-state index contributed by atoms with van der Waals surface area (Å²) in [5.41, 5.74) is 1.01. The van der Waals surface area contributed by atoms with E-state index in [0.29, 0.717) is 5.02 Å². The van der Waals surface area contributed by atoms with Crippen molar-refractivity contribution in [2.75, 3.05) is 7.11 Å². The fourth-order valence-corrected chi connectivity index (χ4v) is 4.03. The van der Waals surface area contributed by atoms with Crippen molar-refractivity contribution in [2.24, 2.45) is 0 Å². The van der Waals surface area contributed by atoms with E-state index in [1.807, 2.05) is 91.0 Å². The third kappa shape index (κ3) is 4.07. The molecule has 0 unspecified atom stereocenters. The summed E-state index contributed by atoms with van der Waals surface area (Å²) in [6.07, 6.45) is -0.660. The molecule has 0 N–H and O–H groups in total. The zero-order valence-corrected chi connectivity index (χ0v) is 18.2. The van der Waals surface area contributed by atoms with E-state index in [-0.39, 0.29) is 0 Å². The van der Waals surface area contributed by atoms with Crippen LogP contribution in [0.4, 0.5) is 0 Å². The van der Waals surface area contributed by atoms with Gasteiger partial charge in [-0.05, 0) is 29.3 Å². The third-order valence-electron chi connectivity index (χ3n) is 5.62. The van der Waals surface area contributed by atoms with Crippen LogP contribution in [0, 0.1) is 0 Å². The van der Waals surface area contributed by atoms with E-state index in [0.717, 1.165) is 27.5 Å². The smallest absolute Gasteiger partial charge is 0.343 e. The van der Waals surface area contributed by atoms with Crippen LogP contribution in [0.3, 0.4) is 0 Å². The van der Waals surface area contributed by atoms with Gasteiger partial charge in [-0.25, -0.2) is 4.79 Å². The summed E-state index contributed by atoms with van der Waals surface area (Å²) in [6, 6.07) is 30.7. The van der Waals surface area contributed by atoms with Gasteiger partial charge in [0.15, 0.2) is 11.7 Å². The van der Waals surface area contributed by atoms with Crippen molar-refractivity contribution in [3.63, 3.8) is 0 Å². The zero-order chi connectivity index (χ0) is 21.8. The fourth-order valence-electron chi connectivity index (χ4n) is 3.79. The number of fused-ring (bicyclic) bond motifs is 1. The van der Waals surface area contributed by atoms with Gasteiger partial charge in [-0.3, -0.25) is 0 Å². The normalized spacial score (nSPS) is 14.0. The summed E-state index contributed by atoms with van der Waals surface area (Å²) in [5, 5.41) is 2.51. The number of benzene rings is 4. The summed E-state index contributed by atoms with van der Waals surface area (Å²) in [4.78, 5) is 13.6. The maximum absolute atomic E-state index is 13.6. The molecule has 0 spiro atoms. The van der Waals surface area contributed by atoms with E-state index in [2.05, 4.69) is 0 Å². The summed E-state index contributed by atoms with van der Waals surface area (Å²) in [6.45, 7) is 1.74. The molecule has 4 heteroatoms. The summed E-state index contributed by atoms with van der Waals surface area (Å²) in [5.74, 6) is -0.486. The molecule has 0 aliphatic heterocycles. The number of hydrogen-bond acceptors (Lipinski definition) is 3. The number of ether oxygens (including phenoxy) is 2. The Morgan fingerprint density at radius 1 is 0.839 bits per heavy atom. The standard InChI is InChI=1S/C27H23ClO3/c1-27(30-2,23-17-10-14-19-11-6-7-15-21(19)23)26(29)31-25(20-12-4-3-5-13-20)22-16-8-9-18-24(22)28/h3-18,25H,1-2H3/t25-,27+/m1/s1. The van der Waals surface area contributed by atoms with Crippen LogP contribution in [0.1, 0.15) is 29.7 Å². The van der Waals surface area contributed by atoms with Crippen LogP contribution in [0.2, 0.25) is 5.02 Å². The Labute approximate surface area is 187 Å². The highest BCUT2D eigenvalue weighted by Crippen LogP contribution is 2.37. The topological polar surface area (TPSA) is 35.5 Å². The summed E-state index contributed by atoms with van der Waals surface area (Å²) >= 11 is 6.47. The molecule has 0 saturated heterocycles. The Balaban J connectivity index is 1.77. The van der Waals surface area contributed by atoms with Crippen molar-refractivity contribution in [3.05, 3.63) is 119 Å². The van der Waals surface area contributed by atoms with Gasteiger partial charge in [0.05, 0.1) is 0 Å². The van der Waals surface area contributed by atoms with Gasteiger partial charge in [-0.1, -0.05) is 103 Å². The van der Waals surface area contributed by atoms with Crippen LogP contribution in [0.5, 0.6) is 0 Å². The highest BCUT2D eigenvalue weighted by atomic mass is 35.5. The number of rotatable bonds is 6. The number of esters is 1. The predicted octanol–water partition coefficient (Wildman–Crippen LogP) is 6.69. The zero-order valence-electron chi connectivity index (χ0n) is 17.4. The monoisotopic (exact) mass is 430 g/mol. The van der Waals surface area contributed by atoms with Gasteiger partial charge in [0, 0.05) is 23.3 Å². The van der Waals surface area contributed by atoms with Crippen LogP contribution >= 0.6 is 11.6 Å². The summed E-state index contributed by atoms with van der Waals surface area (Å²) < 4.78 is 11.9. The molecule has 31 heavy (non-hydrogen) atoms. The van der Waals surface area contributed by atoms with Crippen LogP contribution in [-0.2, 0) is 19.9 Å². The molecule has 0 aliphatic rings. The lowest BCUT2D eigenvalue weighted by atomic mass is 9.90. The minimum atomic E-state index is -1.30. The van der Waals surface area contributed by atoms with E-state index in [1.54, 1.807) is 13.0 Å². The van der Waals surface area contributed by atoms with Crippen LogP contribution in [-0.4, -0.2) is 13.1 Å². The SMILES string of the molecule is CO[C@](C)(C(=O)O[C@H](c1ccccc1)c1ccccc1Cl)c1cccc2ccccc12. The third-order valence-corrected chi connectivity index (χ3v) is 5.96. The Morgan fingerprint density at radius 2 is 1.48 bits per heavy atom. The van der Waals surface area contributed by atoms with Gasteiger partial charge >= 0.3 is 5.97 Å². The molecule has 0 aliphatic carbocycles. The van der Waals surface area contributed by atoms with Crippen molar-refractivity contribution in [2.45, 2.75) is 18.6 Å². The molecular formula is C27H23ClO3. The number of hydrogen-bond donors (Lipinski definition) is 0. The largest absolute Gasteiger partial charge is 0.450 e. The first kappa shape index (κ1) is 21.1. The van der Waals surface area contributed by atoms with E-state index < -0.39 is 17.7 Å². The second kappa shape index (κ2) is 8.93. The van der Waals surface area contributed by atoms with Crippen molar-refractivity contribution >= 4 is 28.3 Å². The van der Waals surface area contributed by atoms with Crippen LogP contribution in [0.25, 0.3) is 10.8 Å². The molecule has 0 amide bonds. The molecule has 4 rings (SSSR count). The molecule has 0 radical (unpaired) electrons. The lowest BCUT2D eigenvalue weighted by Gasteiger charge is -2.30. The molecule has 0 aromatic heterocycles. The van der Waals surface area contributed by atoms with E-state index in [4.69, 9.17) is 21.1 Å². The Hall–Kier alpha value is -3.14. The molecule has 4 aromatic carbocycles. The van der Waals surface area contributed by atoms with Gasteiger partial charge in [0.1, 0.15) is 0 Å². The first-order valence-corrected chi connectivity index (χ1v) is 10.5. The average molecular weight is 431 g/mol.